The van der Waals surface area contributed by atoms with Crippen LogP contribution in [-0.2, 0) is 14.4 Å². The van der Waals surface area contributed by atoms with Gasteiger partial charge in [0, 0.05) is 24.0 Å². The fraction of sp³-hybridized carbons (Fsp3) is 0.118. The minimum atomic E-state index is -0.845. The van der Waals surface area contributed by atoms with Gasteiger partial charge in [-0.3, -0.25) is 14.4 Å². The van der Waals surface area contributed by atoms with E-state index in [1.165, 1.54) is 25.1 Å². The van der Waals surface area contributed by atoms with E-state index in [9.17, 15) is 19.5 Å². The molecule has 2 rings (SSSR count). The number of benzene rings is 2. The molecule has 0 aromatic heterocycles. The second kappa shape index (κ2) is 7.28. The summed E-state index contributed by atoms with van der Waals surface area (Å²) in [5.74, 6) is -1.85. The standard InChI is InChI=1S/C17H17N3O4/c1-10-8-14(22)6-7-15(10)20-17(24)16(23)19-13-5-3-4-12(9-13)18-11(2)21/h3-9,22H,1-2H3,(H,18,21)(H,19,23)(H,20,24). The van der Waals surface area contributed by atoms with Gasteiger partial charge in [-0.05, 0) is 48.9 Å². The molecule has 0 fully saturated rings. The maximum atomic E-state index is 12.0. The maximum Gasteiger partial charge on any atom is 0.314 e. The topological polar surface area (TPSA) is 108 Å². The number of phenols is 1. The van der Waals surface area contributed by atoms with Crippen molar-refractivity contribution >= 4 is 34.8 Å². The molecule has 0 heterocycles. The largest absolute Gasteiger partial charge is 0.508 e. The van der Waals surface area contributed by atoms with Gasteiger partial charge in [-0.25, -0.2) is 0 Å². The highest BCUT2D eigenvalue weighted by atomic mass is 16.3. The van der Waals surface area contributed by atoms with Crippen LogP contribution in [0.5, 0.6) is 5.75 Å². The number of amides is 3. The predicted molar refractivity (Wildman–Crippen MR) is 90.8 cm³/mol. The molecule has 24 heavy (non-hydrogen) atoms. The third kappa shape index (κ3) is 4.57. The quantitative estimate of drug-likeness (QED) is 0.512. The lowest BCUT2D eigenvalue weighted by Crippen LogP contribution is -2.29. The average Bonchev–Trinajstić information content (AvgIpc) is 2.49. The number of phenolic OH excluding ortho intramolecular Hbond substituents is 1. The number of nitrogens with one attached hydrogen (secondary N) is 3. The molecule has 0 aliphatic heterocycles. The van der Waals surface area contributed by atoms with Crippen molar-refractivity contribution in [1.82, 2.24) is 0 Å². The van der Waals surface area contributed by atoms with Gasteiger partial charge in [0.15, 0.2) is 0 Å². The summed E-state index contributed by atoms with van der Waals surface area (Å²) in [7, 11) is 0. The van der Waals surface area contributed by atoms with Gasteiger partial charge >= 0.3 is 11.8 Å². The molecule has 0 aliphatic carbocycles. The van der Waals surface area contributed by atoms with E-state index in [4.69, 9.17) is 0 Å². The third-order valence-electron chi connectivity index (χ3n) is 3.11. The predicted octanol–water partition coefficient (Wildman–Crippen LogP) is 2.24. The van der Waals surface area contributed by atoms with Crippen LogP contribution in [0.25, 0.3) is 0 Å². The van der Waals surface area contributed by atoms with Crippen LogP contribution in [0.1, 0.15) is 12.5 Å². The van der Waals surface area contributed by atoms with Gasteiger partial charge in [0.05, 0.1) is 0 Å². The molecule has 0 spiro atoms. The van der Waals surface area contributed by atoms with E-state index in [0.717, 1.165) is 0 Å². The molecule has 0 aliphatic rings. The molecule has 124 valence electrons. The van der Waals surface area contributed by atoms with Crippen LogP contribution in [0.15, 0.2) is 42.5 Å². The summed E-state index contributed by atoms with van der Waals surface area (Å²) in [5.41, 5.74) is 1.95. The van der Waals surface area contributed by atoms with Gasteiger partial charge < -0.3 is 21.1 Å². The van der Waals surface area contributed by atoms with Crippen LogP contribution in [0.3, 0.4) is 0 Å². The summed E-state index contributed by atoms with van der Waals surface area (Å²) in [6.07, 6.45) is 0. The van der Waals surface area contributed by atoms with Gasteiger partial charge in [-0.2, -0.15) is 0 Å². The first-order valence-electron chi connectivity index (χ1n) is 7.15. The number of aromatic hydroxyl groups is 1. The molecular formula is C17H17N3O4. The van der Waals surface area contributed by atoms with Crippen molar-refractivity contribution in [2.45, 2.75) is 13.8 Å². The number of carbonyl (C=O) groups excluding carboxylic acids is 3. The lowest BCUT2D eigenvalue weighted by molar-refractivity contribution is -0.133. The molecule has 0 saturated heterocycles. The Morgan fingerprint density at radius 2 is 1.50 bits per heavy atom. The average molecular weight is 327 g/mol. The molecule has 7 heteroatoms. The first kappa shape index (κ1) is 17.0. The Labute approximate surface area is 138 Å². The molecular weight excluding hydrogens is 310 g/mol. The van der Waals surface area contributed by atoms with E-state index in [0.29, 0.717) is 22.6 Å². The van der Waals surface area contributed by atoms with Gasteiger partial charge in [0.25, 0.3) is 0 Å². The van der Waals surface area contributed by atoms with E-state index in [-0.39, 0.29) is 11.7 Å². The highest BCUT2D eigenvalue weighted by Gasteiger charge is 2.15. The van der Waals surface area contributed by atoms with Crippen molar-refractivity contribution < 1.29 is 19.5 Å². The molecule has 0 saturated carbocycles. The van der Waals surface area contributed by atoms with E-state index in [2.05, 4.69) is 16.0 Å². The summed E-state index contributed by atoms with van der Waals surface area (Å²) < 4.78 is 0. The van der Waals surface area contributed by atoms with Crippen LogP contribution >= 0.6 is 0 Å². The van der Waals surface area contributed by atoms with E-state index in [1.807, 2.05) is 0 Å². The minimum absolute atomic E-state index is 0.0738. The number of carbonyl (C=O) groups is 3. The fourth-order valence-corrected chi connectivity index (χ4v) is 2.03. The van der Waals surface area contributed by atoms with Gasteiger partial charge in [0.2, 0.25) is 5.91 Å². The van der Waals surface area contributed by atoms with Crippen LogP contribution in [0, 0.1) is 6.92 Å². The van der Waals surface area contributed by atoms with Crippen LogP contribution in [-0.4, -0.2) is 22.8 Å². The Hall–Kier alpha value is -3.35. The van der Waals surface area contributed by atoms with Crippen molar-refractivity contribution in [3.05, 3.63) is 48.0 Å². The number of hydrogen-bond donors (Lipinski definition) is 4. The number of anilines is 3. The maximum absolute atomic E-state index is 12.0. The van der Waals surface area contributed by atoms with Crippen LogP contribution in [0.2, 0.25) is 0 Å². The first-order chi connectivity index (χ1) is 11.3. The lowest BCUT2D eigenvalue weighted by Gasteiger charge is -2.10. The Morgan fingerprint density at radius 3 is 2.12 bits per heavy atom. The summed E-state index contributed by atoms with van der Waals surface area (Å²) in [5, 5.41) is 16.9. The van der Waals surface area contributed by atoms with Gasteiger partial charge in [-0.15, -0.1) is 0 Å². The molecule has 7 nitrogen and oxygen atoms in total. The van der Waals surface area contributed by atoms with Crippen LogP contribution in [0.4, 0.5) is 17.1 Å². The van der Waals surface area contributed by atoms with Crippen molar-refractivity contribution in [3.8, 4) is 5.75 Å². The van der Waals surface area contributed by atoms with E-state index >= 15 is 0 Å². The molecule has 0 atom stereocenters. The zero-order valence-corrected chi connectivity index (χ0v) is 13.2. The second-order valence-electron chi connectivity index (χ2n) is 5.17. The fourth-order valence-electron chi connectivity index (χ4n) is 2.03. The van der Waals surface area contributed by atoms with Crippen LogP contribution < -0.4 is 16.0 Å². The Balaban J connectivity index is 2.03. The molecule has 2 aromatic rings. The summed E-state index contributed by atoms with van der Waals surface area (Å²) >= 11 is 0. The monoisotopic (exact) mass is 327 g/mol. The highest BCUT2D eigenvalue weighted by molar-refractivity contribution is 6.43. The highest BCUT2D eigenvalue weighted by Crippen LogP contribution is 2.20. The Bertz CT molecular complexity index is 802. The minimum Gasteiger partial charge on any atom is -0.508 e. The van der Waals surface area contributed by atoms with Crippen molar-refractivity contribution in [2.75, 3.05) is 16.0 Å². The summed E-state index contributed by atoms with van der Waals surface area (Å²) in [4.78, 5) is 35.0. The Kier molecular flexibility index (Phi) is 5.16. The van der Waals surface area contributed by atoms with E-state index in [1.54, 1.807) is 31.2 Å². The SMILES string of the molecule is CC(=O)Nc1cccc(NC(=O)C(=O)Nc2ccc(O)cc2C)c1. The Morgan fingerprint density at radius 1 is 0.875 bits per heavy atom. The molecule has 3 amide bonds. The third-order valence-corrected chi connectivity index (χ3v) is 3.11. The summed E-state index contributed by atoms with van der Waals surface area (Å²) in [6, 6.07) is 10.8. The first-order valence-corrected chi connectivity index (χ1v) is 7.15. The zero-order chi connectivity index (χ0) is 17.7. The van der Waals surface area contributed by atoms with Gasteiger partial charge in [0.1, 0.15) is 5.75 Å². The number of hydrogen-bond acceptors (Lipinski definition) is 4. The smallest absolute Gasteiger partial charge is 0.314 e. The number of aryl methyl sites for hydroxylation is 1. The van der Waals surface area contributed by atoms with Crippen molar-refractivity contribution in [3.63, 3.8) is 0 Å². The van der Waals surface area contributed by atoms with Crippen molar-refractivity contribution in [2.24, 2.45) is 0 Å². The zero-order valence-electron chi connectivity index (χ0n) is 13.2. The molecule has 2 aromatic carbocycles. The number of rotatable bonds is 3. The molecule has 0 radical (unpaired) electrons. The van der Waals surface area contributed by atoms with E-state index < -0.39 is 11.8 Å². The molecule has 0 unspecified atom stereocenters. The second-order valence-corrected chi connectivity index (χ2v) is 5.17. The lowest BCUT2D eigenvalue weighted by atomic mass is 10.2. The molecule has 4 N–H and O–H groups in total. The van der Waals surface area contributed by atoms with Crippen molar-refractivity contribution in [1.29, 1.82) is 0 Å². The normalized spacial score (nSPS) is 9.92. The molecule has 0 bridgehead atoms. The van der Waals surface area contributed by atoms with Gasteiger partial charge in [-0.1, -0.05) is 6.07 Å². The summed E-state index contributed by atoms with van der Waals surface area (Å²) in [6.45, 7) is 3.07.